The summed E-state index contributed by atoms with van der Waals surface area (Å²) in [6.45, 7) is 0. The van der Waals surface area contributed by atoms with Crippen molar-refractivity contribution in [2.45, 2.75) is 0 Å². The zero-order valence-corrected chi connectivity index (χ0v) is 30.9. The molecule has 2 heterocycles. The van der Waals surface area contributed by atoms with Gasteiger partial charge in [0.2, 0.25) is 0 Å². The highest BCUT2D eigenvalue weighted by atomic mass is 15.0. The summed E-state index contributed by atoms with van der Waals surface area (Å²) in [7, 11) is 0. The van der Waals surface area contributed by atoms with Gasteiger partial charge in [-0.05, 0) is 79.5 Å². The third-order valence-electron chi connectivity index (χ3n) is 11.7. The zero-order valence-electron chi connectivity index (χ0n) is 30.9. The lowest BCUT2D eigenvalue weighted by molar-refractivity contribution is 1.19. The van der Waals surface area contributed by atoms with Crippen molar-refractivity contribution in [3.8, 4) is 39.6 Å². The molecule has 0 atom stereocenters. The van der Waals surface area contributed by atoms with Gasteiger partial charge in [-0.2, -0.15) is 0 Å². The van der Waals surface area contributed by atoms with Crippen molar-refractivity contribution >= 4 is 75.7 Å². The van der Waals surface area contributed by atoms with Gasteiger partial charge < -0.3 is 4.57 Å². The second-order valence-electron chi connectivity index (χ2n) is 14.9. The maximum Gasteiger partial charge on any atom is 0.161 e. The van der Waals surface area contributed by atoms with Crippen LogP contribution < -0.4 is 0 Å². The smallest absolute Gasteiger partial charge is 0.161 e. The maximum absolute atomic E-state index is 5.53. The molecular weight excluding hydrogens is 691 g/mol. The Morgan fingerprint density at radius 1 is 0.333 bits per heavy atom. The molecule has 3 nitrogen and oxygen atoms in total. The van der Waals surface area contributed by atoms with Gasteiger partial charge in [-0.25, -0.2) is 9.97 Å². The Balaban J connectivity index is 1.23. The summed E-state index contributed by atoms with van der Waals surface area (Å²) in [4.78, 5) is 10.9. The molecule has 0 amide bonds. The first-order chi connectivity index (χ1) is 28.3. The lowest BCUT2D eigenvalue weighted by Crippen LogP contribution is -1.98. The quantitative estimate of drug-likeness (QED) is 0.169. The van der Waals surface area contributed by atoms with Gasteiger partial charge in [0.25, 0.3) is 0 Å². The summed E-state index contributed by atoms with van der Waals surface area (Å²) in [6, 6.07) is 72.0. The van der Waals surface area contributed by atoms with E-state index in [1.54, 1.807) is 0 Å². The van der Waals surface area contributed by atoms with Crippen molar-refractivity contribution in [1.82, 2.24) is 14.5 Å². The third kappa shape index (κ3) is 4.79. The molecule has 3 heteroatoms. The van der Waals surface area contributed by atoms with E-state index in [4.69, 9.17) is 9.97 Å². The number of rotatable bonds is 4. The van der Waals surface area contributed by atoms with Gasteiger partial charge >= 0.3 is 0 Å². The molecule has 0 N–H and O–H groups in total. The fraction of sp³-hybridized carbons (Fsp3) is 0. The fourth-order valence-electron chi connectivity index (χ4n) is 9.29. The van der Waals surface area contributed by atoms with Crippen LogP contribution in [-0.4, -0.2) is 14.5 Å². The standard InChI is InChI=1S/C54H33N3/c1-3-17-34(18-4-1)48-33-49(56-54(55-48)47-31-35-19-7-8-22-37(35)38-23-9-10-24-39(38)47)45-32-46-41-26-12-14-28-43(41)53-52(51(46)42-27-13-11-25-40(42)45)44-29-15-16-30-50(44)57(53)36-20-5-2-6-21-36/h1-33H. The average Bonchev–Trinajstić information content (AvgIpc) is 3.64. The van der Waals surface area contributed by atoms with Crippen LogP contribution in [0.1, 0.15) is 0 Å². The Bertz CT molecular complexity index is 3570. The molecule has 0 aliphatic heterocycles. The van der Waals surface area contributed by atoms with Crippen LogP contribution >= 0.6 is 0 Å². The highest BCUT2D eigenvalue weighted by Gasteiger charge is 2.23. The average molecular weight is 724 g/mol. The normalized spacial score (nSPS) is 11.9. The fourth-order valence-corrected chi connectivity index (χ4v) is 9.29. The summed E-state index contributed by atoms with van der Waals surface area (Å²) in [6.07, 6.45) is 0. The van der Waals surface area contributed by atoms with Crippen LogP contribution in [0.3, 0.4) is 0 Å². The van der Waals surface area contributed by atoms with Crippen molar-refractivity contribution in [2.75, 3.05) is 0 Å². The van der Waals surface area contributed by atoms with Gasteiger partial charge in [-0.3, -0.25) is 0 Å². The van der Waals surface area contributed by atoms with Crippen LogP contribution in [0.15, 0.2) is 200 Å². The van der Waals surface area contributed by atoms with E-state index in [2.05, 4.69) is 205 Å². The molecule has 2 aromatic heterocycles. The number of fused-ring (bicyclic) bond motifs is 13. The van der Waals surface area contributed by atoms with Crippen LogP contribution in [0.5, 0.6) is 0 Å². The van der Waals surface area contributed by atoms with E-state index < -0.39 is 0 Å². The third-order valence-corrected chi connectivity index (χ3v) is 11.7. The molecule has 0 spiro atoms. The molecule has 0 bridgehead atoms. The molecule has 12 aromatic rings. The Kier molecular flexibility index (Phi) is 6.93. The SMILES string of the molecule is c1ccc(-c2cc(-c3cc4c5ccccc5c5c(c6ccccc6n5-c5ccccc5)c4c4ccccc34)nc(-c3cc4ccccc4c4ccccc34)n2)cc1. The molecule has 0 radical (unpaired) electrons. The van der Waals surface area contributed by atoms with Gasteiger partial charge in [0.15, 0.2) is 5.82 Å². The molecule has 0 aliphatic carbocycles. The second kappa shape index (κ2) is 12.5. The molecule has 0 fully saturated rings. The number of hydrogen-bond acceptors (Lipinski definition) is 2. The minimum absolute atomic E-state index is 0.712. The van der Waals surface area contributed by atoms with E-state index in [9.17, 15) is 0 Å². The molecule has 57 heavy (non-hydrogen) atoms. The number of aromatic nitrogens is 3. The van der Waals surface area contributed by atoms with Crippen LogP contribution in [-0.2, 0) is 0 Å². The summed E-state index contributed by atoms with van der Waals surface area (Å²) in [5.74, 6) is 0.712. The summed E-state index contributed by atoms with van der Waals surface area (Å²) in [5.41, 5.74) is 8.51. The number of nitrogens with zero attached hydrogens (tertiary/aromatic N) is 3. The second-order valence-corrected chi connectivity index (χ2v) is 14.9. The summed E-state index contributed by atoms with van der Waals surface area (Å²) >= 11 is 0. The molecule has 12 rings (SSSR count). The van der Waals surface area contributed by atoms with Crippen molar-refractivity contribution in [2.24, 2.45) is 0 Å². The molecular formula is C54H33N3. The van der Waals surface area contributed by atoms with E-state index in [0.717, 1.165) is 44.5 Å². The van der Waals surface area contributed by atoms with E-state index in [0.29, 0.717) is 5.82 Å². The molecule has 0 saturated carbocycles. The first-order valence-electron chi connectivity index (χ1n) is 19.5. The molecule has 0 saturated heterocycles. The van der Waals surface area contributed by atoms with Gasteiger partial charge in [-0.1, -0.05) is 164 Å². The topological polar surface area (TPSA) is 30.7 Å². The van der Waals surface area contributed by atoms with Crippen LogP contribution in [0.4, 0.5) is 0 Å². The monoisotopic (exact) mass is 723 g/mol. The molecule has 0 unspecified atom stereocenters. The summed E-state index contributed by atoms with van der Waals surface area (Å²) in [5, 5.41) is 14.5. The van der Waals surface area contributed by atoms with E-state index in [1.807, 2.05) is 0 Å². The van der Waals surface area contributed by atoms with Gasteiger partial charge in [0, 0.05) is 43.9 Å². The number of benzene rings is 10. The Morgan fingerprint density at radius 2 is 0.877 bits per heavy atom. The minimum atomic E-state index is 0.712. The highest BCUT2D eigenvalue weighted by Crippen LogP contribution is 2.47. The Hall–Kier alpha value is -7.62. The van der Waals surface area contributed by atoms with Gasteiger partial charge in [0.1, 0.15) is 0 Å². The predicted octanol–water partition coefficient (Wildman–Crippen LogP) is 14.3. The number of para-hydroxylation sites is 2. The van der Waals surface area contributed by atoms with Crippen LogP contribution in [0.2, 0.25) is 0 Å². The minimum Gasteiger partial charge on any atom is -0.309 e. The highest BCUT2D eigenvalue weighted by molar-refractivity contribution is 6.38. The van der Waals surface area contributed by atoms with Gasteiger partial charge in [0.05, 0.1) is 22.4 Å². The lowest BCUT2D eigenvalue weighted by Gasteiger charge is -2.17. The predicted molar refractivity (Wildman–Crippen MR) is 240 cm³/mol. The lowest BCUT2D eigenvalue weighted by atomic mass is 9.89. The Labute approximate surface area is 328 Å². The first-order valence-corrected chi connectivity index (χ1v) is 19.5. The molecule has 264 valence electrons. The summed E-state index contributed by atoms with van der Waals surface area (Å²) < 4.78 is 2.45. The maximum atomic E-state index is 5.53. The van der Waals surface area contributed by atoms with Crippen LogP contribution in [0.25, 0.3) is 115 Å². The van der Waals surface area contributed by atoms with Crippen molar-refractivity contribution < 1.29 is 0 Å². The van der Waals surface area contributed by atoms with Gasteiger partial charge in [-0.15, -0.1) is 0 Å². The molecule has 0 aliphatic rings. The first kappa shape index (κ1) is 31.7. The van der Waals surface area contributed by atoms with Crippen molar-refractivity contribution in [3.05, 3.63) is 200 Å². The van der Waals surface area contributed by atoms with E-state index >= 15 is 0 Å². The largest absolute Gasteiger partial charge is 0.309 e. The van der Waals surface area contributed by atoms with Crippen molar-refractivity contribution in [3.63, 3.8) is 0 Å². The van der Waals surface area contributed by atoms with Crippen LogP contribution in [0, 0.1) is 0 Å². The van der Waals surface area contributed by atoms with E-state index in [-0.39, 0.29) is 0 Å². The van der Waals surface area contributed by atoms with Crippen molar-refractivity contribution in [1.29, 1.82) is 0 Å². The zero-order chi connectivity index (χ0) is 37.5. The molecule has 10 aromatic carbocycles. The number of hydrogen-bond donors (Lipinski definition) is 0. The van der Waals surface area contributed by atoms with E-state index in [1.165, 1.54) is 64.9 Å². The Morgan fingerprint density at radius 3 is 1.63 bits per heavy atom.